The normalized spacial score (nSPS) is 17.7. The molecule has 0 aliphatic carbocycles. The summed E-state index contributed by atoms with van der Waals surface area (Å²) in [7, 11) is 0. The number of aliphatic hydroxyl groups is 4. The van der Waals surface area contributed by atoms with Crippen LogP contribution in [0.4, 0.5) is 0 Å². The van der Waals surface area contributed by atoms with Crippen LogP contribution < -0.4 is 0 Å². The van der Waals surface area contributed by atoms with E-state index in [1.165, 1.54) is 0 Å². The minimum absolute atomic E-state index is 0. The van der Waals surface area contributed by atoms with Crippen LogP contribution in [0, 0.1) is 0 Å². The molecule has 0 aliphatic heterocycles. The molecule has 0 aliphatic rings. The molecule has 0 unspecified atom stereocenters. The van der Waals surface area contributed by atoms with E-state index < -0.39 is 24.4 Å². The van der Waals surface area contributed by atoms with Gasteiger partial charge in [0.2, 0.25) is 0 Å². The van der Waals surface area contributed by atoms with Gasteiger partial charge in [-0.05, 0) is 6.54 Å². The Morgan fingerprint density at radius 3 is 2.17 bits per heavy atom. The van der Waals surface area contributed by atoms with E-state index in [1.807, 2.05) is 6.92 Å². The maximum Gasteiger partial charge on any atom is 0.151 e. The molecule has 0 amide bonds. The molecule has 0 radical (unpaired) electrons. The van der Waals surface area contributed by atoms with E-state index in [2.05, 4.69) is 0 Å². The molecule has 0 fully saturated rings. The van der Waals surface area contributed by atoms with Crippen molar-refractivity contribution in [2.75, 3.05) is 25.5 Å². The lowest BCUT2D eigenvalue weighted by Crippen LogP contribution is -2.49. The lowest BCUT2D eigenvalue weighted by Gasteiger charge is -2.28. The number of hydrogen-bond acceptors (Lipinski definition) is 6. The number of carbonyl (C=O) groups excluding carboxylic acids is 1. The highest BCUT2D eigenvalue weighted by Gasteiger charge is 2.30. The third-order valence-electron chi connectivity index (χ3n) is 2.53. The maximum atomic E-state index is 10.2. The lowest BCUT2D eigenvalue weighted by atomic mass is 10.0. The summed E-state index contributed by atoms with van der Waals surface area (Å²) in [6, 6.07) is 0. The van der Waals surface area contributed by atoms with Gasteiger partial charge in [0.15, 0.2) is 6.29 Å². The van der Waals surface area contributed by atoms with E-state index in [0.29, 0.717) is 19.0 Å². The van der Waals surface area contributed by atoms with Crippen LogP contribution in [0.3, 0.4) is 0 Å². The van der Waals surface area contributed by atoms with E-state index in [4.69, 9.17) is 16.7 Å². The van der Waals surface area contributed by atoms with Gasteiger partial charge >= 0.3 is 0 Å². The highest BCUT2D eigenvalue weighted by Crippen LogP contribution is 2.06. The predicted molar refractivity (Wildman–Crippen MR) is 70.2 cm³/mol. The molecule has 0 bridgehead atoms. The van der Waals surface area contributed by atoms with Crippen molar-refractivity contribution >= 4 is 30.3 Å². The summed E-state index contributed by atoms with van der Waals surface area (Å²) < 4.78 is 0. The number of nitrogens with zero attached hydrogens (tertiary/aromatic N) is 1. The number of alkyl halides is 1. The van der Waals surface area contributed by atoms with Gasteiger partial charge in [-0.25, -0.2) is 0 Å². The predicted octanol–water partition coefficient (Wildman–Crippen LogP) is -1.39. The minimum atomic E-state index is -1.71. The summed E-state index contributed by atoms with van der Waals surface area (Å²) in [4.78, 5) is 12.0. The van der Waals surface area contributed by atoms with Crippen LogP contribution in [0.1, 0.15) is 6.92 Å². The average molecular weight is 306 g/mol. The molecule has 0 saturated heterocycles. The summed E-state index contributed by atoms with van der Waals surface area (Å²) in [5, 5.41) is 37.5. The van der Waals surface area contributed by atoms with Crippen LogP contribution in [-0.2, 0) is 4.79 Å². The lowest BCUT2D eigenvalue weighted by molar-refractivity contribution is -0.134. The number of halogens is 2. The molecule has 0 rings (SSSR count). The molecule has 8 heteroatoms. The van der Waals surface area contributed by atoms with Gasteiger partial charge in [0.1, 0.15) is 18.3 Å². The third-order valence-corrected chi connectivity index (χ3v) is 2.70. The summed E-state index contributed by atoms with van der Waals surface area (Å²) in [5.41, 5.74) is 0. The number of aliphatic hydroxyl groups excluding tert-OH is 4. The van der Waals surface area contributed by atoms with E-state index >= 15 is 0 Å². The van der Waals surface area contributed by atoms with Crippen LogP contribution >= 0.6 is 24.0 Å². The molecule has 0 aromatic carbocycles. The van der Waals surface area contributed by atoms with Gasteiger partial charge in [-0.3, -0.25) is 4.90 Å². The van der Waals surface area contributed by atoms with Crippen molar-refractivity contribution in [3.63, 3.8) is 0 Å². The molecule has 4 N–H and O–H groups in total. The van der Waals surface area contributed by atoms with Crippen molar-refractivity contribution in [3.05, 3.63) is 0 Å². The highest BCUT2D eigenvalue weighted by molar-refractivity contribution is 6.18. The van der Waals surface area contributed by atoms with E-state index in [1.54, 1.807) is 4.90 Å². The van der Waals surface area contributed by atoms with Crippen molar-refractivity contribution in [1.29, 1.82) is 0 Å². The first-order chi connectivity index (χ1) is 7.97. The smallest absolute Gasteiger partial charge is 0.151 e. The molecule has 0 saturated carbocycles. The van der Waals surface area contributed by atoms with Gasteiger partial charge in [0.05, 0.1) is 6.10 Å². The molecule has 18 heavy (non-hydrogen) atoms. The molecule has 0 spiro atoms. The summed E-state index contributed by atoms with van der Waals surface area (Å²) in [6.07, 6.45) is -6.14. The van der Waals surface area contributed by atoms with Crippen LogP contribution in [0.2, 0.25) is 0 Å². The quantitative estimate of drug-likeness (QED) is 0.309. The Kier molecular flexibility index (Phi) is 12.4. The highest BCUT2D eigenvalue weighted by atomic mass is 35.5. The van der Waals surface area contributed by atoms with Gasteiger partial charge in [0, 0.05) is 19.0 Å². The van der Waals surface area contributed by atoms with Gasteiger partial charge in [-0.2, -0.15) is 0 Å². The first-order valence-corrected chi connectivity index (χ1v) is 5.97. The number of aldehydes is 1. The first kappa shape index (κ1) is 20.4. The second-order valence-electron chi connectivity index (χ2n) is 3.76. The Bertz CT molecular complexity index is 222. The summed E-state index contributed by atoms with van der Waals surface area (Å²) in [5.74, 6) is 0.385. The van der Waals surface area contributed by atoms with Crippen molar-refractivity contribution in [1.82, 2.24) is 4.90 Å². The molecule has 0 aromatic heterocycles. The van der Waals surface area contributed by atoms with Gasteiger partial charge < -0.3 is 25.2 Å². The van der Waals surface area contributed by atoms with E-state index in [-0.39, 0.29) is 25.2 Å². The number of carbonyl (C=O) groups is 1. The molecular weight excluding hydrogens is 285 g/mol. The Balaban J connectivity index is 0. The van der Waals surface area contributed by atoms with Crippen molar-refractivity contribution in [2.24, 2.45) is 0 Å². The molecule has 110 valence electrons. The van der Waals surface area contributed by atoms with Crippen molar-refractivity contribution < 1.29 is 25.2 Å². The zero-order valence-corrected chi connectivity index (χ0v) is 11.7. The molecule has 6 nitrogen and oxygen atoms in total. The number of hydrogen-bond donors (Lipinski definition) is 4. The molecular formula is C10H21Cl2NO5. The Morgan fingerprint density at radius 1 is 1.22 bits per heavy atom. The second-order valence-corrected chi connectivity index (χ2v) is 4.14. The van der Waals surface area contributed by atoms with Crippen molar-refractivity contribution in [2.45, 2.75) is 31.3 Å². The zero-order valence-electron chi connectivity index (χ0n) is 10.1. The van der Waals surface area contributed by atoms with Crippen molar-refractivity contribution in [3.8, 4) is 0 Å². The summed E-state index contributed by atoms with van der Waals surface area (Å²) in [6.45, 7) is 3.13. The Hall–Kier alpha value is 0.0500. The fourth-order valence-electron chi connectivity index (χ4n) is 1.38. The fraction of sp³-hybridized carbons (Fsp3) is 0.900. The topological polar surface area (TPSA) is 101 Å². The fourth-order valence-corrected chi connectivity index (χ4v) is 1.62. The zero-order chi connectivity index (χ0) is 13.4. The molecule has 0 aromatic rings. The van der Waals surface area contributed by atoms with Gasteiger partial charge in [0.25, 0.3) is 0 Å². The SMILES string of the molecule is CCN(CCCl)C[C@@H](O)[C@@H](O)[C@H](O)[C@@H](O)C=O.Cl. The number of likely N-dealkylation sites (N-methyl/N-ethyl adjacent to an activating group) is 1. The molecule has 4 atom stereocenters. The van der Waals surface area contributed by atoms with Crippen LogP contribution in [0.15, 0.2) is 0 Å². The Labute approximate surface area is 118 Å². The average Bonchev–Trinajstić information content (AvgIpc) is 2.35. The third kappa shape index (κ3) is 6.84. The standard InChI is InChI=1S/C10H20ClNO5.ClH/c1-2-12(4-3-11)5-7(14)9(16)10(17)8(15)6-13;/h6-10,14-17H,2-5H2,1H3;1H/t7-,8+,9-,10-;/m1./s1. The van der Waals surface area contributed by atoms with Gasteiger partial charge in [-0.1, -0.05) is 6.92 Å². The van der Waals surface area contributed by atoms with Gasteiger partial charge in [-0.15, -0.1) is 24.0 Å². The van der Waals surface area contributed by atoms with Crippen LogP contribution in [-0.4, -0.2) is 81.5 Å². The van der Waals surface area contributed by atoms with Crippen LogP contribution in [0.25, 0.3) is 0 Å². The number of rotatable bonds is 9. The summed E-state index contributed by atoms with van der Waals surface area (Å²) >= 11 is 5.55. The maximum absolute atomic E-state index is 10.2. The first-order valence-electron chi connectivity index (χ1n) is 5.43. The van der Waals surface area contributed by atoms with E-state index in [0.717, 1.165) is 0 Å². The van der Waals surface area contributed by atoms with E-state index in [9.17, 15) is 20.1 Å². The monoisotopic (exact) mass is 305 g/mol. The Morgan fingerprint density at radius 2 is 1.78 bits per heavy atom. The molecule has 0 heterocycles. The largest absolute Gasteiger partial charge is 0.389 e. The minimum Gasteiger partial charge on any atom is -0.389 e. The van der Waals surface area contributed by atoms with Crippen LogP contribution in [0.5, 0.6) is 0 Å². The second kappa shape index (κ2) is 10.9.